The van der Waals surface area contributed by atoms with Crippen molar-refractivity contribution in [1.82, 2.24) is 10.2 Å². The first-order chi connectivity index (χ1) is 14.6. The van der Waals surface area contributed by atoms with Gasteiger partial charge in [-0.1, -0.05) is 59.0 Å². The summed E-state index contributed by atoms with van der Waals surface area (Å²) in [5.74, 6) is -0.423. The zero-order valence-electron chi connectivity index (χ0n) is 17.5. The predicted molar refractivity (Wildman–Crippen MR) is 125 cm³/mol. The third-order valence-corrected chi connectivity index (χ3v) is 6.89. The van der Waals surface area contributed by atoms with Gasteiger partial charge in [0.1, 0.15) is 11.9 Å². The molecule has 0 saturated heterocycles. The van der Waals surface area contributed by atoms with E-state index < -0.39 is 6.04 Å². The van der Waals surface area contributed by atoms with E-state index >= 15 is 0 Å². The summed E-state index contributed by atoms with van der Waals surface area (Å²) in [4.78, 5) is 28.0. The van der Waals surface area contributed by atoms with Crippen LogP contribution in [0.15, 0.2) is 40.4 Å². The van der Waals surface area contributed by atoms with Crippen LogP contribution in [0.1, 0.15) is 75.8 Å². The van der Waals surface area contributed by atoms with E-state index in [2.05, 4.69) is 27.3 Å². The number of benzene rings is 1. The minimum absolute atomic E-state index is 0.101. The third-order valence-electron chi connectivity index (χ3n) is 6.17. The Kier molecular flexibility index (Phi) is 9.26. The number of nitrogens with one attached hydrogen (secondary N) is 1. The summed E-state index contributed by atoms with van der Waals surface area (Å²) in [5.41, 5.74) is 2.20. The summed E-state index contributed by atoms with van der Waals surface area (Å²) in [6.07, 6.45) is 13.2. The van der Waals surface area contributed by atoms with E-state index in [1.807, 2.05) is 24.3 Å². The fourth-order valence-corrected chi connectivity index (χ4v) is 5.12. The number of nitrogens with zero attached hydrogens (tertiary/aromatic N) is 1. The number of carbonyl (C=O) groups excluding carboxylic acids is 2. The van der Waals surface area contributed by atoms with E-state index in [0.717, 1.165) is 55.0 Å². The quantitative estimate of drug-likeness (QED) is 0.361. The molecular formula is C24H32BrClN2O2. The first-order valence-corrected chi connectivity index (χ1v) is 12.5. The summed E-state index contributed by atoms with van der Waals surface area (Å²) in [6, 6.07) is 7.21. The average molecular weight is 496 g/mol. The topological polar surface area (TPSA) is 49.4 Å². The molecule has 1 fully saturated rings. The standard InChI is InChI=1S/C24H32BrClN2O2/c25-20-11-7-10-19(16-20)23(24(30)27-21-12-5-2-6-13-21)28(22(29)17-26)15-14-18-8-3-1-4-9-18/h7-8,10-11,16,21,23H,1-6,9,12-15,17H2,(H,27,30)/t23-/m0/s1. The largest absolute Gasteiger partial charge is 0.351 e. The summed E-state index contributed by atoms with van der Waals surface area (Å²) in [6.45, 7) is 0.507. The van der Waals surface area contributed by atoms with Crippen LogP contribution in [0.4, 0.5) is 0 Å². The molecule has 164 valence electrons. The maximum Gasteiger partial charge on any atom is 0.247 e. The second-order valence-electron chi connectivity index (χ2n) is 8.38. The van der Waals surface area contributed by atoms with E-state index in [1.54, 1.807) is 4.90 Å². The van der Waals surface area contributed by atoms with Crippen molar-refractivity contribution in [1.29, 1.82) is 0 Å². The lowest BCUT2D eigenvalue weighted by molar-refractivity contribution is -0.139. The molecule has 0 radical (unpaired) electrons. The van der Waals surface area contributed by atoms with Crippen LogP contribution < -0.4 is 5.32 Å². The zero-order valence-corrected chi connectivity index (χ0v) is 19.9. The molecular weight excluding hydrogens is 464 g/mol. The maximum atomic E-state index is 13.5. The molecule has 30 heavy (non-hydrogen) atoms. The van der Waals surface area contributed by atoms with Crippen LogP contribution in [0, 0.1) is 0 Å². The van der Waals surface area contributed by atoms with Crippen LogP contribution in [0.25, 0.3) is 0 Å². The smallest absolute Gasteiger partial charge is 0.247 e. The molecule has 2 aliphatic carbocycles. The van der Waals surface area contributed by atoms with E-state index in [9.17, 15) is 9.59 Å². The number of carbonyl (C=O) groups is 2. The lowest BCUT2D eigenvalue weighted by Gasteiger charge is -2.33. The average Bonchev–Trinajstić information content (AvgIpc) is 2.77. The molecule has 2 aliphatic rings. The van der Waals surface area contributed by atoms with E-state index in [-0.39, 0.29) is 23.7 Å². The van der Waals surface area contributed by atoms with Crippen molar-refractivity contribution in [3.63, 3.8) is 0 Å². The highest BCUT2D eigenvalue weighted by Crippen LogP contribution is 2.28. The number of rotatable bonds is 8. The van der Waals surface area contributed by atoms with Gasteiger partial charge in [0.05, 0.1) is 0 Å². The van der Waals surface area contributed by atoms with Gasteiger partial charge in [-0.25, -0.2) is 0 Å². The van der Waals surface area contributed by atoms with Crippen molar-refractivity contribution in [3.8, 4) is 0 Å². The summed E-state index contributed by atoms with van der Waals surface area (Å²) >= 11 is 9.49. The molecule has 3 rings (SSSR count). The Hall–Kier alpha value is -1.33. The van der Waals surface area contributed by atoms with Gasteiger partial charge in [0.2, 0.25) is 11.8 Å². The highest BCUT2D eigenvalue weighted by molar-refractivity contribution is 9.10. The number of hydrogen-bond acceptors (Lipinski definition) is 2. The van der Waals surface area contributed by atoms with Crippen molar-refractivity contribution < 1.29 is 9.59 Å². The number of halogens is 2. The van der Waals surface area contributed by atoms with Crippen molar-refractivity contribution in [3.05, 3.63) is 46.0 Å². The highest BCUT2D eigenvalue weighted by atomic mass is 79.9. The Labute approximate surface area is 193 Å². The first kappa shape index (κ1) is 23.3. The van der Waals surface area contributed by atoms with Gasteiger partial charge >= 0.3 is 0 Å². The molecule has 0 aliphatic heterocycles. The van der Waals surface area contributed by atoms with Crippen LogP contribution in [-0.4, -0.2) is 35.2 Å². The molecule has 6 heteroatoms. The van der Waals surface area contributed by atoms with Crippen LogP contribution >= 0.6 is 27.5 Å². The van der Waals surface area contributed by atoms with Crippen molar-refractivity contribution in [2.24, 2.45) is 0 Å². The van der Waals surface area contributed by atoms with Crippen molar-refractivity contribution >= 4 is 39.3 Å². The second-order valence-corrected chi connectivity index (χ2v) is 9.56. The number of hydrogen-bond donors (Lipinski definition) is 1. The third kappa shape index (κ3) is 6.58. The second kappa shape index (κ2) is 11.9. The Morgan fingerprint density at radius 2 is 1.97 bits per heavy atom. The van der Waals surface area contributed by atoms with Gasteiger partial charge in [0.25, 0.3) is 0 Å². The lowest BCUT2D eigenvalue weighted by atomic mass is 9.94. The molecule has 0 spiro atoms. The van der Waals surface area contributed by atoms with Gasteiger partial charge in [-0.2, -0.15) is 0 Å². The first-order valence-electron chi connectivity index (χ1n) is 11.2. The molecule has 1 aromatic rings. The van der Waals surface area contributed by atoms with Gasteiger partial charge in [0.15, 0.2) is 0 Å². The van der Waals surface area contributed by atoms with Crippen LogP contribution in [0.3, 0.4) is 0 Å². The molecule has 1 atom stereocenters. The lowest BCUT2D eigenvalue weighted by Crippen LogP contribution is -2.47. The minimum atomic E-state index is -0.667. The van der Waals surface area contributed by atoms with E-state index in [1.165, 1.54) is 24.8 Å². The summed E-state index contributed by atoms with van der Waals surface area (Å²) < 4.78 is 0.892. The van der Waals surface area contributed by atoms with Crippen molar-refractivity contribution in [2.45, 2.75) is 76.3 Å². The molecule has 0 unspecified atom stereocenters. The highest BCUT2D eigenvalue weighted by Gasteiger charge is 2.32. The number of allylic oxidation sites excluding steroid dienone is 1. The Morgan fingerprint density at radius 3 is 2.63 bits per heavy atom. The molecule has 0 bridgehead atoms. The van der Waals surface area contributed by atoms with Crippen molar-refractivity contribution in [2.75, 3.05) is 12.4 Å². The normalized spacial score (nSPS) is 18.4. The van der Waals surface area contributed by atoms with Gasteiger partial charge in [-0.15, -0.1) is 11.6 Å². The van der Waals surface area contributed by atoms with Crippen LogP contribution in [0.5, 0.6) is 0 Å². The van der Waals surface area contributed by atoms with Crippen LogP contribution in [0.2, 0.25) is 0 Å². The van der Waals surface area contributed by atoms with Gasteiger partial charge in [-0.05, 0) is 62.6 Å². The maximum absolute atomic E-state index is 13.5. The molecule has 1 aromatic carbocycles. The van der Waals surface area contributed by atoms with E-state index in [0.29, 0.717) is 6.54 Å². The molecule has 1 saturated carbocycles. The fraction of sp³-hybridized carbons (Fsp3) is 0.583. The van der Waals surface area contributed by atoms with Gasteiger partial charge in [0, 0.05) is 17.1 Å². The molecule has 1 N–H and O–H groups in total. The molecule has 0 aromatic heterocycles. The van der Waals surface area contributed by atoms with Gasteiger partial charge < -0.3 is 10.2 Å². The molecule has 4 nitrogen and oxygen atoms in total. The molecule has 0 heterocycles. The Bertz CT molecular complexity index is 761. The Morgan fingerprint density at radius 1 is 1.17 bits per heavy atom. The van der Waals surface area contributed by atoms with Crippen LogP contribution in [-0.2, 0) is 9.59 Å². The van der Waals surface area contributed by atoms with Gasteiger partial charge in [-0.3, -0.25) is 9.59 Å². The number of alkyl halides is 1. The predicted octanol–water partition coefficient (Wildman–Crippen LogP) is 5.90. The SMILES string of the molecule is O=C(NC1CCCCC1)[C@H](c1cccc(Br)c1)N(CCC1=CCCCC1)C(=O)CCl. The monoisotopic (exact) mass is 494 g/mol. The number of amides is 2. The summed E-state index contributed by atoms with van der Waals surface area (Å²) in [7, 11) is 0. The fourth-order valence-electron chi connectivity index (χ4n) is 4.55. The van der Waals surface area contributed by atoms with E-state index in [4.69, 9.17) is 11.6 Å². The zero-order chi connectivity index (χ0) is 21.3. The Balaban J connectivity index is 1.84. The summed E-state index contributed by atoms with van der Waals surface area (Å²) in [5, 5.41) is 3.23. The molecule has 2 amide bonds. The minimum Gasteiger partial charge on any atom is -0.351 e.